The van der Waals surface area contributed by atoms with Crippen molar-refractivity contribution in [1.82, 2.24) is 15.1 Å². The molecule has 3 atom stereocenters. The van der Waals surface area contributed by atoms with Crippen LogP contribution in [-0.4, -0.2) is 65.7 Å². The summed E-state index contributed by atoms with van der Waals surface area (Å²) in [5.41, 5.74) is -0.315. The lowest BCUT2D eigenvalue weighted by Crippen LogP contribution is -2.61. The molecule has 3 heterocycles. The Morgan fingerprint density at radius 3 is 2.54 bits per heavy atom. The lowest BCUT2D eigenvalue weighted by Gasteiger charge is -2.45. The van der Waals surface area contributed by atoms with Crippen LogP contribution in [0.15, 0.2) is 0 Å². The van der Waals surface area contributed by atoms with E-state index < -0.39 is 0 Å². The van der Waals surface area contributed by atoms with Gasteiger partial charge in [-0.05, 0) is 18.8 Å². The van der Waals surface area contributed by atoms with Crippen LogP contribution in [0.2, 0.25) is 0 Å². The highest BCUT2D eigenvalue weighted by molar-refractivity contribution is 5.85. The van der Waals surface area contributed by atoms with Crippen molar-refractivity contribution >= 4 is 11.8 Å². The Morgan fingerprint density at radius 2 is 2.00 bits per heavy atom. The van der Waals surface area contributed by atoms with Gasteiger partial charge >= 0.3 is 0 Å². The van der Waals surface area contributed by atoms with Gasteiger partial charge in [0.15, 0.2) is 0 Å². The second-order valence-corrected chi connectivity index (χ2v) is 8.60. The Kier molecular flexibility index (Phi) is 5.92. The van der Waals surface area contributed by atoms with E-state index in [1.807, 2.05) is 18.7 Å². The monoisotopic (exact) mass is 365 g/mol. The van der Waals surface area contributed by atoms with Crippen LogP contribution in [0, 0.1) is 11.8 Å². The normalized spacial score (nSPS) is 29.8. The minimum atomic E-state index is -0.315. The number of carbonyl (C=O) groups is 2. The lowest BCUT2D eigenvalue weighted by molar-refractivity contribution is -0.140. The number of ether oxygens (including phenoxy) is 1. The first-order valence-electron chi connectivity index (χ1n) is 10.4. The zero-order valence-corrected chi connectivity index (χ0v) is 16.8. The Bertz CT molecular complexity index is 522. The minimum Gasteiger partial charge on any atom is -0.376 e. The molecule has 148 valence electrons. The quantitative estimate of drug-likeness (QED) is 0.809. The van der Waals surface area contributed by atoms with E-state index in [1.165, 1.54) is 0 Å². The number of piperidine rings is 1. The molecule has 26 heavy (non-hydrogen) atoms. The van der Waals surface area contributed by atoms with Gasteiger partial charge in [-0.2, -0.15) is 0 Å². The van der Waals surface area contributed by atoms with Crippen LogP contribution in [0.1, 0.15) is 59.8 Å². The molecule has 0 aliphatic carbocycles. The van der Waals surface area contributed by atoms with Crippen LogP contribution >= 0.6 is 0 Å². The van der Waals surface area contributed by atoms with Crippen molar-refractivity contribution in [1.29, 1.82) is 0 Å². The first-order chi connectivity index (χ1) is 12.4. The van der Waals surface area contributed by atoms with E-state index in [1.54, 1.807) is 0 Å². The number of carbonyl (C=O) groups excluding carboxylic acids is 2. The summed E-state index contributed by atoms with van der Waals surface area (Å²) in [5.74, 6) is 0.772. The fourth-order valence-electron chi connectivity index (χ4n) is 4.56. The smallest absolute Gasteiger partial charge is 0.241 e. The zero-order valence-electron chi connectivity index (χ0n) is 16.8. The third-order valence-corrected chi connectivity index (χ3v) is 6.49. The van der Waals surface area contributed by atoms with E-state index in [-0.39, 0.29) is 35.5 Å². The molecule has 0 aromatic rings. The van der Waals surface area contributed by atoms with Crippen LogP contribution in [0.25, 0.3) is 0 Å². The molecule has 0 aromatic heterocycles. The molecule has 0 saturated carbocycles. The van der Waals surface area contributed by atoms with E-state index in [0.717, 1.165) is 38.7 Å². The maximum Gasteiger partial charge on any atom is 0.241 e. The molecule has 3 aliphatic rings. The molecule has 0 bridgehead atoms. The molecular formula is C20H35N3O3. The summed E-state index contributed by atoms with van der Waals surface area (Å²) in [7, 11) is 0. The Morgan fingerprint density at radius 1 is 1.31 bits per heavy atom. The van der Waals surface area contributed by atoms with Crippen LogP contribution in [0.3, 0.4) is 0 Å². The molecule has 3 rings (SSSR count). The van der Waals surface area contributed by atoms with Gasteiger partial charge in [-0.3, -0.25) is 14.9 Å². The number of hydrogen-bond acceptors (Lipinski definition) is 4. The molecule has 1 N–H and O–H groups in total. The summed E-state index contributed by atoms with van der Waals surface area (Å²) in [4.78, 5) is 29.6. The van der Waals surface area contributed by atoms with Gasteiger partial charge in [-0.1, -0.05) is 34.1 Å². The maximum absolute atomic E-state index is 13.2. The van der Waals surface area contributed by atoms with Gasteiger partial charge in [0.2, 0.25) is 11.8 Å². The summed E-state index contributed by atoms with van der Waals surface area (Å²) in [6.07, 6.45) is 4.85. The number of likely N-dealkylation sites (tertiary alicyclic amines) is 1. The van der Waals surface area contributed by atoms with Crippen molar-refractivity contribution in [2.24, 2.45) is 11.8 Å². The van der Waals surface area contributed by atoms with E-state index >= 15 is 0 Å². The average Bonchev–Trinajstić information content (AvgIpc) is 3.24. The van der Waals surface area contributed by atoms with Crippen molar-refractivity contribution in [2.75, 3.05) is 26.2 Å². The first kappa shape index (κ1) is 19.6. The van der Waals surface area contributed by atoms with Gasteiger partial charge < -0.3 is 14.5 Å². The molecule has 6 nitrogen and oxygen atoms in total. The summed E-state index contributed by atoms with van der Waals surface area (Å²) >= 11 is 0. The summed E-state index contributed by atoms with van der Waals surface area (Å²) in [6, 6.07) is -0.117. The minimum absolute atomic E-state index is 0.0260. The van der Waals surface area contributed by atoms with Crippen molar-refractivity contribution in [3.8, 4) is 0 Å². The van der Waals surface area contributed by atoms with Crippen molar-refractivity contribution in [3.63, 3.8) is 0 Å². The Balaban J connectivity index is 1.76. The second kappa shape index (κ2) is 7.85. The van der Waals surface area contributed by atoms with Crippen molar-refractivity contribution < 1.29 is 14.3 Å². The highest BCUT2D eigenvalue weighted by Gasteiger charge is 2.53. The SMILES string of the molecule is CCC(C)C1NC2(CCN(C(=O)C(C)C)CC2)N(CC2CCCO2)C1=O. The predicted octanol–water partition coefficient (Wildman–Crippen LogP) is 1.99. The summed E-state index contributed by atoms with van der Waals surface area (Å²) in [6.45, 7) is 11.1. The summed E-state index contributed by atoms with van der Waals surface area (Å²) < 4.78 is 5.82. The highest BCUT2D eigenvalue weighted by Crippen LogP contribution is 2.36. The maximum atomic E-state index is 13.2. The molecule has 3 fully saturated rings. The van der Waals surface area contributed by atoms with Gasteiger partial charge in [-0.25, -0.2) is 0 Å². The molecule has 3 unspecified atom stereocenters. The molecular weight excluding hydrogens is 330 g/mol. The number of nitrogens with zero attached hydrogens (tertiary/aromatic N) is 2. The summed E-state index contributed by atoms with van der Waals surface area (Å²) in [5, 5.41) is 3.70. The average molecular weight is 366 g/mol. The van der Waals surface area contributed by atoms with E-state index in [4.69, 9.17) is 4.74 Å². The van der Waals surface area contributed by atoms with E-state index in [0.29, 0.717) is 25.6 Å². The van der Waals surface area contributed by atoms with Gasteiger partial charge in [-0.15, -0.1) is 0 Å². The predicted molar refractivity (Wildman–Crippen MR) is 100 cm³/mol. The molecule has 2 amide bonds. The Hall–Kier alpha value is -1.14. The van der Waals surface area contributed by atoms with Gasteiger partial charge in [0.05, 0.1) is 17.8 Å². The highest BCUT2D eigenvalue weighted by atomic mass is 16.5. The van der Waals surface area contributed by atoms with Crippen molar-refractivity contribution in [2.45, 2.75) is 77.6 Å². The molecule has 3 saturated heterocycles. The van der Waals surface area contributed by atoms with Gasteiger partial charge in [0.25, 0.3) is 0 Å². The number of nitrogens with one attached hydrogen (secondary N) is 1. The molecule has 0 radical (unpaired) electrons. The zero-order chi connectivity index (χ0) is 18.9. The second-order valence-electron chi connectivity index (χ2n) is 8.60. The van der Waals surface area contributed by atoms with Crippen LogP contribution in [0.4, 0.5) is 0 Å². The van der Waals surface area contributed by atoms with Gasteiger partial charge in [0, 0.05) is 45.0 Å². The van der Waals surface area contributed by atoms with Gasteiger partial charge in [0.1, 0.15) is 0 Å². The third kappa shape index (κ3) is 3.63. The van der Waals surface area contributed by atoms with Crippen molar-refractivity contribution in [3.05, 3.63) is 0 Å². The topological polar surface area (TPSA) is 61.9 Å². The van der Waals surface area contributed by atoms with Crippen LogP contribution < -0.4 is 5.32 Å². The number of amides is 2. The molecule has 0 aromatic carbocycles. The molecule has 6 heteroatoms. The van der Waals surface area contributed by atoms with E-state index in [2.05, 4.69) is 24.1 Å². The standard InChI is InChI=1S/C20H35N3O3/c1-5-15(4)17-19(25)23(13-16-7-6-12-26-16)20(21-17)8-10-22(11-9-20)18(24)14(2)3/h14-17,21H,5-13H2,1-4H3. The number of rotatable bonds is 5. The fourth-order valence-corrected chi connectivity index (χ4v) is 4.56. The first-order valence-corrected chi connectivity index (χ1v) is 10.4. The van der Waals surface area contributed by atoms with E-state index in [9.17, 15) is 9.59 Å². The number of hydrogen-bond donors (Lipinski definition) is 1. The molecule has 1 spiro atoms. The van der Waals surface area contributed by atoms with Crippen LogP contribution in [0.5, 0.6) is 0 Å². The third-order valence-electron chi connectivity index (χ3n) is 6.49. The van der Waals surface area contributed by atoms with Crippen LogP contribution in [-0.2, 0) is 14.3 Å². The largest absolute Gasteiger partial charge is 0.376 e. The Labute approximate surface area is 157 Å². The fraction of sp³-hybridized carbons (Fsp3) is 0.900. The molecule has 3 aliphatic heterocycles. The lowest BCUT2D eigenvalue weighted by atomic mass is 9.94.